The summed E-state index contributed by atoms with van der Waals surface area (Å²) in [5.41, 5.74) is 10.4. The first-order valence-electron chi connectivity index (χ1n) is 14.6. The third-order valence-electron chi connectivity index (χ3n) is 8.60. The van der Waals surface area contributed by atoms with Crippen LogP contribution in [0.3, 0.4) is 0 Å². The first-order chi connectivity index (χ1) is 21.9. The minimum atomic E-state index is -0.00957. The monoisotopic (exact) mass is 705 g/mol. The Balaban J connectivity index is 1.15. The van der Waals surface area contributed by atoms with Crippen LogP contribution in [0, 0.1) is 13.8 Å². The minimum Gasteiger partial charge on any atom is -0.359 e. The van der Waals surface area contributed by atoms with Crippen molar-refractivity contribution in [3.8, 4) is 22.4 Å². The number of aryl methyl sites for hydroxylation is 3. The van der Waals surface area contributed by atoms with E-state index in [-0.39, 0.29) is 5.91 Å². The molecule has 1 aliphatic heterocycles. The summed E-state index contributed by atoms with van der Waals surface area (Å²) < 4.78 is 4.57. The van der Waals surface area contributed by atoms with Crippen molar-refractivity contribution >= 4 is 67.8 Å². The van der Waals surface area contributed by atoms with Gasteiger partial charge in [0.05, 0.1) is 39.7 Å². The lowest BCUT2D eigenvalue weighted by atomic mass is 9.96. The number of fused-ring (bicyclic) bond motifs is 3. The van der Waals surface area contributed by atoms with E-state index in [1.54, 1.807) is 4.68 Å². The topological polar surface area (TPSA) is 110 Å². The van der Waals surface area contributed by atoms with Crippen molar-refractivity contribution in [3.63, 3.8) is 0 Å². The smallest absolute Gasteiger partial charge is 0.259 e. The van der Waals surface area contributed by atoms with E-state index in [0.29, 0.717) is 18.3 Å². The van der Waals surface area contributed by atoms with Crippen molar-refractivity contribution in [3.05, 3.63) is 102 Å². The summed E-state index contributed by atoms with van der Waals surface area (Å²) in [4.78, 5) is 28.6. The SMILES string of the molecule is Cc1cnc(Nc2cc(C)n(C)n2)nc1-c1c[nH]c2c(N3Cc4c(cccc4-c4ccc5c(cnn5CI)c4)C3=O)cccc12. The molecule has 11 heteroatoms. The zero-order valence-electron chi connectivity index (χ0n) is 24.8. The zero-order valence-corrected chi connectivity index (χ0v) is 27.0. The molecule has 5 heterocycles. The van der Waals surface area contributed by atoms with Crippen LogP contribution >= 0.6 is 22.6 Å². The fourth-order valence-electron chi connectivity index (χ4n) is 6.22. The average molecular weight is 706 g/mol. The van der Waals surface area contributed by atoms with E-state index in [4.69, 9.17) is 4.98 Å². The molecule has 0 spiro atoms. The second-order valence-electron chi connectivity index (χ2n) is 11.3. The van der Waals surface area contributed by atoms with Crippen molar-refractivity contribution < 1.29 is 4.79 Å². The number of alkyl halides is 1. The molecule has 7 aromatic rings. The molecular formula is C34H28IN9O. The lowest BCUT2D eigenvalue weighted by Gasteiger charge is -2.17. The van der Waals surface area contributed by atoms with Crippen LogP contribution in [0.5, 0.6) is 0 Å². The van der Waals surface area contributed by atoms with Crippen molar-refractivity contribution in [1.29, 1.82) is 0 Å². The molecule has 3 aromatic carbocycles. The number of nitrogens with zero attached hydrogens (tertiary/aromatic N) is 7. The molecule has 8 rings (SSSR count). The van der Waals surface area contributed by atoms with E-state index in [9.17, 15) is 4.79 Å². The number of nitrogens with one attached hydrogen (secondary N) is 2. The van der Waals surface area contributed by atoms with E-state index < -0.39 is 0 Å². The number of hydrogen-bond acceptors (Lipinski definition) is 6. The highest BCUT2D eigenvalue weighted by molar-refractivity contribution is 14.1. The zero-order chi connectivity index (χ0) is 30.8. The molecule has 0 radical (unpaired) electrons. The number of halogens is 1. The summed E-state index contributed by atoms with van der Waals surface area (Å²) in [5, 5.41) is 14.3. The van der Waals surface area contributed by atoms with E-state index in [1.807, 2.05) is 79.4 Å². The molecular weight excluding hydrogens is 677 g/mol. The van der Waals surface area contributed by atoms with Gasteiger partial charge in [0.2, 0.25) is 5.95 Å². The Morgan fingerprint density at radius 1 is 1.00 bits per heavy atom. The molecule has 45 heavy (non-hydrogen) atoms. The molecule has 0 atom stereocenters. The van der Waals surface area contributed by atoms with Gasteiger partial charge in [-0.15, -0.1) is 0 Å². The molecule has 222 valence electrons. The number of para-hydroxylation sites is 1. The van der Waals surface area contributed by atoms with Crippen molar-refractivity contribution in [2.75, 3.05) is 10.2 Å². The van der Waals surface area contributed by atoms with E-state index in [2.05, 4.69) is 78.4 Å². The van der Waals surface area contributed by atoms with Crippen LogP contribution in [0.25, 0.3) is 44.2 Å². The number of carbonyl (C=O) groups is 1. The summed E-state index contributed by atoms with van der Waals surface area (Å²) in [6, 6.07) is 20.4. The van der Waals surface area contributed by atoms with Gasteiger partial charge in [0, 0.05) is 53.1 Å². The summed E-state index contributed by atoms with van der Waals surface area (Å²) >= 11 is 2.31. The minimum absolute atomic E-state index is 0.00957. The van der Waals surface area contributed by atoms with Crippen molar-refractivity contribution in [2.24, 2.45) is 7.05 Å². The van der Waals surface area contributed by atoms with E-state index >= 15 is 0 Å². The highest BCUT2D eigenvalue weighted by Crippen LogP contribution is 2.40. The Morgan fingerprint density at radius 2 is 1.84 bits per heavy atom. The molecule has 0 saturated heterocycles. The Hall–Kier alpha value is -5.04. The Morgan fingerprint density at radius 3 is 2.67 bits per heavy atom. The standard InChI is InChI=1S/C34H28IN9O/c1-19-14-37-34(39-30-12-20(2)42(3)41-30)40-31(19)26-16-36-32-24(26)7-5-9-29(32)43-17-27-23(6-4-8-25(27)33(43)45)21-10-11-28-22(13-21)15-38-44(28)18-35/h4-16,36H,17-18H2,1-3H3,(H,37,39,40,41). The fraction of sp³-hybridized carbons (Fsp3) is 0.147. The molecule has 0 fully saturated rings. The molecule has 0 saturated carbocycles. The Bertz CT molecular complexity index is 2280. The Kier molecular flexibility index (Phi) is 6.45. The van der Waals surface area contributed by atoms with Crippen LogP contribution in [-0.2, 0) is 18.1 Å². The third kappa shape index (κ3) is 4.48. The van der Waals surface area contributed by atoms with Crippen LogP contribution in [0.1, 0.15) is 27.2 Å². The molecule has 0 unspecified atom stereocenters. The van der Waals surface area contributed by atoms with Gasteiger partial charge >= 0.3 is 0 Å². The first-order valence-corrected chi connectivity index (χ1v) is 16.1. The normalized spacial score (nSPS) is 12.9. The average Bonchev–Trinajstić information content (AvgIpc) is 3.82. The van der Waals surface area contributed by atoms with Gasteiger partial charge in [-0.05, 0) is 60.4 Å². The van der Waals surface area contributed by atoms with E-state index in [0.717, 1.165) is 76.8 Å². The molecule has 0 aliphatic carbocycles. The summed E-state index contributed by atoms with van der Waals surface area (Å²) in [6.45, 7) is 4.47. The summed E-state index contributed by atoms with van der Waals surface area (Å²) in [5.74, 6) is 1.15. The van der Waals surface area contributed by atoms with Crippen LogP contribution in [0.2, 0.25) is 0 Å². The van der Waals surface area contributed by atoms with Gasteiger partial charge in [-0.25, -0.2) is 9.97 Å². The third-order valence-corrected chi connectivity index (χ3v) is 9.24. The second-order valence-corrected chi connectivity index (χ2v) is 12.0. The lowest BCUT2D eigenvalue weighted by molar-refractivity contribution is 0.0997. The largest absolute Gasteiger partial charge is 0.359 e. The number of aromatic nitrogens is 7. The van der Waals surface area contributed by atoms with Crippen LogP contribution in [0.15, 0.2) is 79.3 Å². The number of hydrogen-bond donors (Lipinski definition) is 2. The fourth-order valence-corrected chi connectivity index (χ4v) is 6.76. The number of anilines is 3. The highest BCUT2D eigenvalue weighted by Gasteiger charge is 2.32. The number of carbonyl (C=O) groups excluding carboxylic acids is 1. The number of H-pyrrole nitrogens is 1. The number of benzene rings is 3. The maximum absolute atomic E-state index is 13.9. The number of aromatic amines is 1. The van der Waals surface area contributed by atoms with Crippen molar-refractivity contribution in [1.82, 2.24) is 34.5 Å². The number of rotatable bonds is 6. The predicted molar refractivity (Wildman–Crippen MR) is 185 cm³/mol. The molecule has 4 aromatic heterocycles. The second kappa shape index (κ2) is 10.5. The van der Waals surface area contributed by atoms with Crippen LogP contribution in [-0.4, -0.2) is 40.4 Å². The lowest BCUT2D eigenvalue weighted by Crippen LogP contribution is -2.23. The van der Waals surface area contributed by atoms with Gasteiger partial charge in [0.25, 0.3) is 5.91 Å². The molecule has 2 N–H and O–H groups in total. The van der Waals surface area contributed by atoms with Gasteiger partial charge in [0.15, 0.2) is 5.82 Å². The van der Waals surface area contributed by atoms with E-state index in [1.165, 1.54) is 0 Å². The van der Waals surface area contributed by atoms with Crippen LogP contribution < -0.4 is 10.2 Å². The van der Waals surface area contributed by atoms with Gasteiger partial charge in [-0.3, -0.25) is 14.2 Å². The molecule has 1 amide bonds. The quantitative estimate of drug-likeness (QED) is 0.139. The van der Waals surface area contributed by atoms with Crippen molar-refractivity contribution in [2.45, 2.75) is 24.9 Å². The Labute approximate surface area is 272 Å². The highest BCUT2D eigenvalue weighted by atomic mass is 127. The van der Waals surface area contributed by atoms with Gasteiger partial charge in [-0.2, -0.15) is 10.2 Å². The summed E-state index contributed by atoms with van der Waals surface area (Å²) in [6.07, 6.45) is 5.68. The van der Waals surface area contributed by atoms with Crippen LogP contribution in [0.4, 0.5) is 17.5 Å². The predicted octanol–water partition coefficient (Wildman–Crippen LogP) is 7.29. The maximum Gasteiger partial charge on any atom is 0.259 e. The maximum atomic E-state index is 13.9. The molecule has 10 nitrogen and oxygen atoms in total. The van der Waals surface area contributed by atoms with Gasteiger partial charge < -0.3 is 15.2 Å². The molecule has 0 bridgehead atoms. The van der Waals surface area contributed by atoms with Gasteiger partial charge in [0.1, 0.15) is 0 Å². The molecule has 1 aliphatic rings. The number of amides is 1. The first kappa shape index (κ1) is 27.5. The summed E-state index contributed by atoms with van der Waals surface area (Å²) in [7, 11) is 1.90. The van der Waals surface area contributed by atoms with Gasteiger partial charge in [-0.1, -0.05) is 52.9 Å².